The van der Waals surface area contributed by atoms with Gasteiger partial charge in [0.2, 0.25) is 0 Å². The van der Waals surface area contributed by atoms with E-state index < -0.39 is 0 Å². The summed E-state index contributed by atoms with van der Waals surface area (Å²) in [5.74, 6) is -0.259. The molecule has 0 spiro atoms. The van der Waals surface area contributed by atoms with Crippen LogP contribution in [0.2, 0.25) is 0 Å². The lowest BCUT2D eigenvalue weighted by Crippen LogP contribution is -1.94. The van der Waals surface area contributed by atoms with Gasteiger partial charge in [0.05, 0.1) is 5.83 Å². The molecule has 0 unspecified atom stereocenters. The number of allylic oxidation sites excluding steroid dienone is 4. The Labute approximate surface area is 85.7 Å². The highest BCUT2D eigenvalue weighted by atomic mass is 19.1. The van der Waals surface area contributed by atoms with Crippen molar-refractivity contribution < 1.29 is 4.39 Å². The quantitative estimate of drug-likeness (QED) is 0.460. The fraction of sp³-hybridized carbons (Fsp3) is 0.417. The first-order valence-electron chi connectivity index (χ1n) is 4.73. The summed E-state index contributed by atoms with van der Waals surface area (Å²) in [4.78, 5) is 4.23. The average molecular weight is 195 g/mol. The molecule has 0 aromatic rings. The van der Waals surface area contributed by atoms with Gasteiger partial charge in [-0.2, -0.15) is 0 Å². The number of hydrogen-bond acceptors (Lipinski definition) is 1. The largest absolute Gasteiger partial charge is 0.258 e. The van der Waals surface area contributed by atoms with Crippen LogP contribution in [0.4, 0.5) is 4.39 Å². The first-order chi connectivity index (χ1) is 6.47. The van der Waals surface area contributed by atoms with Crippen LogP contribution in [0.3, 0.4) is 0 Å². The molecule has 78 valence electrons. The van der Waals surface area contributed by atoms with Crippen molar-refractivity contribution in [2.24, 2.45) is 4.99 Å². The van der Waals surface area contributed by atoms with Crippen molar-refractivity contribution in [1.82, 2.24) is 0 Å². The molecule has 14 heavy (non-hydrogen) atoms. The molecule has 0 fully saturated rings. The number of hydrogen-bond donors (Lipinski definition) is 0. The van der Waals surface area contributed by atoms with Crippen LogP contribution in [0.15, 0.2) is 41.3 Å². The third-order valence-corrected chi connectivity index (χ3v) is 1.70. The van der Waals surface area contributed by atoms with E-state index in [-0.39, 0.29) is 5.83 Å². The zero-order chi connectivity index (χ0) is 11.1. The van der Waals surface area contributed by atoms with E-state index in [9.17, 15) is 4.39 Å². The van der Waals surface area contributed by atoms with Crippen LogP contribution in [-0.2, 0) is 0 Å². The molecule has 0 atom stereocenters. The van der Waals surface area contributed by atoms with Crippen LogP contribution in [0.1, 0.15) is 33.6 Å². The third kappa shape index (κ3) is 5.46. The highest BCUT2D eigenvalue weighted by molar-refractivity contribution is 6.00. The lowest BCUT2D eigenvalue weighted by molar-refractivity contribution is 0.640. The molecule has 0 saturated carbocycles. The molecule has 2 heteroatoms. The van der Waals surface area contributed by atoms with Crippen molar-refractivity contribution in [1.29, 1.82) is 0 Å². The van der Waals surface area contributed by atoms with E-state index in [0.29, 0.717) is 5.57 Å². The summed E-state index contributed by atoms with van der Waals surface area (Å²) in [6.45, 7) is 12.8. The SMILES string of the molecule is C=C(CCC)N=C(C)C(=C)/C=C(\C)F. The van der Waals surface area contributed by atoms with Crippen LogP contribution in [0, 0.1) is 0 Å². The van der Waals surface area contributed by atoms with Crippen LogP contribution < -0.4 is 0 Å². The van der Waals surface area contributed by atoms with E-state index in [0.717, 1.165) is 24.3 Å². The highest BCUT2D eigenvalue weighted by Gasteiger charge is 1.97. The Bertz CT molecular complexity index is 281. The Balaban J connectivity index is 4.46. The van der Waals surface area contributed by atoms with E-state index >= 15 is 0 Å². The minimum atomic E-state index is -0.259. The molecule has 0 aliphatic carbocycles. The fourth-order valence-electron chi connectivity index (χ4n) is 0.998. The lowest BCUT2D eigenvalue weighted by Gasteiger charge is -2.01. The summed E-state index contributed by atoms with van der Waals surface area (Å²) in [6, 6.07) is 0. The molecule has 0 radical (unpaired) electrons. The summed E-state index contributed by atoms with van der Waals surface area (Å²) in [6.07, 6.45) is 3.25. The fourth-order valence-corrected chi connectivity index (χ4v) is 0.998. The second-order valence-electron chi connectivity index (χ2n) is 3.27. The van der Waals surface area contributed by atoms with Gasteiger partial charge in [0.15, 0.2) is 0 Å². The van der Waals surface area contributed by atoms with Gasteiger partial charge in [-0.3, -0.25) is 4.99 Å². The molecule has 0 rings (SSSR count). The number of nitrogens with zero attached hydrogens (tertiary/aromatic N) is 1. The Morgan fingerprint density at radius 2 is 1.93 bits per heavy atom. The number of aliphatic imine (C=N–C) groups is 1. The van der Waals surface area contributed by atoms with Gasteiger partial charge in [-0.1, -0.05) is 26.5 Å². The second kappa shape index (κ2) is 6.30. The van der Waals surface area contributed by atoms with Crippen LogP contribution >= 0.6 is 0 Å². The van der Waals surface area contributed by atoms with Crippen molar-refractivity contribution in [2.75, 3.05) is 0 Å². The summed E-state index contributed by atoms with van der Waals surface area (Å²) in [5, 5.41) is 0. The zero-order valence-corrected chi connectivity index (χ0v) is 9.23. The molecular formula is C12H18FN. The smallest absolute Gasteiger partial charge is 0.0975 e. The van der Waals surface area contributed by atoms with E-state index in [1.165, 1.54) is 13.0 Å². The molecule has 0 heterocycles. The standard InChI is InChI=1S/C12H18FN/c1-6-7-11(4)14-12(5)9(2)8-10(3)13/h8H,2,4,6-7H2,1,3,5H3/b10-8+,14-12?. The molecule has 0 amide bonds. The predicted octanol–water partition coefficient (Wildman–Crippen LogP) is 4.19. The van der Waals surface area contributed by atoms with Crippen molar-refractivity contribution in [3.63, 3.8) is 0 Å². The summed E-state index contributed by atoms with van der Waals surface area (Å²) < 4.78 is 12.5. The Morgan fingerprint density at radius 1 is 1.36 bits per heavy atom. The number of rotatable bonds is 5. The third-order valence-electron chi connectivity index (χ3n) is 1.70. The van der Waals surface area contributed by atoms with E-state index in [4.69, 9.17) is 0 Å². The van der Waals surface area contributed by atoms with Gasteiger partial charge in [0.25, 0.3) is 0 Å². The van der Waals surface area contributed by atoms with Gasteiger partial charge in [0, 0.05) is 11.4 Å². The molecule has 0 aliphatic rings. The Kier molecular flexibility index (Phi) is 5.77. The average Bonchev–Trinajstić information content (AvgIpc) is 2.02. The van der Waals surface area contributed by atoms with Crippen LogP contribution in [0.25, 0.3) is 0 Å². The van der Waals surface area contributed by atoms with E-state index in [2.05, 4.69) is 25.1 Å². The maximum absolute atomic E-state index is 12.5. The van der Waals surface area contributed by atoms with Gasteiger partial charge in [0.1, 0.15) is 0 Å². The highest BCUT2D eigenvalue weighted by Crippen LogP contribution is 2.08. The molecule has 0 bridgehead atoms. The van der Waals surface area contributed by atoms with Gasteiger partial charge in [-0.15, -0.1) is 0 Å². The lowest BCUT2D eigenvalue weighted by atomic mass is 10.2. The minimum absolute atomic E-state index is 0.259. The first-order valence-corrected chi connectivity index (χ1v) is 4.73. The number of halogens is 1. The molecule has 1 nitrogen and oxygen atoms in total. The van der Waals surface area contributed by atoms with E-state index in [1.54, 1.807) is 0 Å². The van der Waals surface area contributed by atoms with Gasteiger partial charge >= 0.3 is 0 Å². The maximum atomic E-state index is 12.5. The van der Waals surface area contributed by atoms with E-state index in [1.807, 2.05) is 6.92 Å². The maximum Gasteiger partial charge on any atom is 0.0975 e. The van der Waals surface area contributed by atoms with Crippen molar-refractivity contribution >= 4 is 5.71 Å². The monoisotopic (exact) mass is 195 g/mol. The molecule has 0 aliphatic heterocycles. The summed E-state index contributed by atoms with van der Waals surface area (Å²) in [7, 11) is 0. The van der Waals surface area contributed by atoms with Crippen LogP contribution in [-0.4, -0.2) is 5.71 Å². The minimum Gasteiger partial charge on any atom is -0.258 e. The van der Waals surface area contributed by atoms with Gasteiger partial charge in [-0.05, 0) is 31.9 Å². The predicted molar refractivity (Wildman–Crippen MR) is 61.2 cm³/mol. The Hall–Kier alpha value is -1.18. The Morgan fingerprint density at radius 3 is 2.36 bits per heavy atom. The molecule has 0 saturated heterocycles. The topological polar surface area (TPSA) is 12.4 Å². The van der Waals surface area contributed by atoms with Gasteiger partial charge in [-0.25, -0.2) is 4.39 Å². The van der Waals surface area contributed by atoms with Crippen LogP contribution in [0.5, 0.6) is 0 Å². The van der Waals surface area contributed by atoms with Crippen molar-refractivity contribution in [2.45, 2.75) is 33.6 Å². The van der Waals surface area contributed by atoms with Crippen molar-refractivity contribution in [3.05, 3.63) is 36.3 Å². The molecular weight excluding hydrogens is 177 g/mol. The zero-order valence-electron chi connectivity index (χ0n) is 9.23. The summed E-state index contributed by atoms with van der Waals surface area (Å²) >= 11 is 0. The first kappa shape index (κ1) is 12.8. The summed E-state index contributed by atoms with van der Waals surface area (Å²) in [5.41, 5.74) is 2.14. The van der Waals surface area contributed by atoms with Crippen molar-refractivity contribution in [3.8, 4) is 0 Å². The molecule has 0 N–H and O–H groups in total. The second-order valence-corrected chi connectivity index (χ2v) is 3.27. The van der Waals surface area contributed by atoms with Gasteiger partial charge < -0.3 is 0 Å². The molecule has 0 aromatic heterocycles. The molecule has 0 aromatic carbocycles. The normalized spacial score (nSPS) is 12.9.